The number of para-hydroxylation sites is 1. The van der Waals surface area contributed by atoms with Gasteiger partial charge < -0.3 is 5.32 Å². The second-order valence-corrected chi connectivity index (χ2v) is 5.04. The Hall–Kier alpha value is -1.61. The molecule has 0 aliphatic rings. The fourth-order valence-electron chi connectivity index (χ4n) is 1.65. The maximum atomic E-state index is 11.9. The van der Waals surface area contributed by atoms with Crippen molar-refractivity contribution in [1.82, 2.24) is 0 Å². The van der Waals surface area contributed by atoms with E-state index in [4.69, 9.17) is 0 Å². The van der Waals surface area contributed by atoms with Crippen LogP contribution in [0.5, 0.6) is 0 Å². The highest BCUT2D eigenvalue weighted by Crippen LogP contribution is 2.21. The van der Waals surface area contributed by atoms with Gasteiger partial charge in [-0.1, -0.05) is 42.0 Å². The number of carbonyl (C=O) groups is 1. The number of carbonyl (C=O) groups excluding carboxylic acids is 1. The maximum absolute atomic E-state index is 11.9. The summed E-state index contributed by atoms with van der Waals surface area (Å²) in [6.07, 6.45) is 0.390. The minimum Gasteiger partial charge on any atom is -0.325 e. The lowest BCUT2D eigenvalue weighted by Crippen LogP contribution is -2.14. The Morgan fingerprint density at radius 3 is 2.44 bits per heavy atom. The zero-order valence-electron chi connectivity index (χ0n) is 10.1. The van der Waals surface area contributed by atoms with Crippen LogP contribution in [0, 0.1) is 6.92 Å². The van der Waals surface area contributed by atoms with Crippen LogP contribution in [0.15, 0.2) is 53.0 Å². The molecule has 0 spiro atoms. The molecule has 2 aromatic rings. The summed E-state index contributed by atoms with van der Waals surface area (Å²) >= 11 is 3.41. The number of anilines is 1. The molecule has 3 heteroatoms. The first-order valence-corrected chi connectivity index (χ1v) is 6.54. The summed E-state index contributed by atoms with van der Waals surface area (Å²) in [4.78, 5) is 11.9. The van der Waals surface area contributed by atoms with Gasteiger partial charge in [0, 0.05) is 4.47 Å². The number of benzene rings is 2. The lowest BCUT2D eigenvalue weighted by molar-refractivity contribution is -0.115. The highest BCUT2D eigenvalue weighted by Gasteiger charge is 2.05. The van der Waals surface area contributed by atoms with Gasteiger partial charge in [0.25, 0.3) is 0 Å². The van der Waals surface area contributed by atoms with E-state index in [2.05, 4.69) is 21.2 Å². The van der Waals surface area contributed by atoms with Gasteiger partial charge in [-0.2, -0.15) is 0 Å². The predicted octanol–water partition coefficient (Wildman–Crippen LogP) is 3.94. The van der Waals surface area contributed by atoms with Crippen molar-refractivity contribution in [2.45, 2.75) is 13.3 Å². The molecule has 1 N–H and O–H groups in total. The normalized spacial score (nSPS) is 10.1. The van der Waals surface area contributed by atoms with E-state index in [1.807, 2.05) is 55.5 Å². The standard InChI is InChI=1S/C15H14BrNO/c1-11-6-8-12(9-7-11)10-15(18)17-14-5-3-2-4-13(14)16/h2-9H,10H2,1H3,(H,17,18). The van der Waals surface area contributed by atoms with Crippen molar-refractivity contribution in [3.8, 4) is 0 Å². The lowest BCUT2D eigenvalue weighted by atomic mass is 10.1. The first-order chi connectivity index (χ1) is 8.65. The van der Waals surface area contributed by atoms with Crippen molar-refractivity contribution in [3.63, 3.8) is 0 Å². The average molecular weight is 304 g/mol. The van der Waals surface area contributed by atoms with E-state index in [9.17, 15) is 4.79 Å². The van der Waals surface area contributed by atoms with Crippen LogP contribution in [0.1, 0.15) is 11.1 Å². The Balaban J connectivity index is 2.01. The fourth-order valence-corrected chi connectivity index (χ4v) is 2.03. The fraction of sp³-hybridized carbons (Fsp3) is 0.133. The molecule has 0 radical (unpaired) electrons. The summed E-state index contributed by atoms with van der Waals surface area (Å²) in [6, 6.07) is 15.6. The smallest absolute Gasteiger partial charge is 0.228 e. The van der Waals surface area contributed by atoms with E-state index in [1.54, 1.807) is 0 Å². The lowest BCUT2D eigenvalue weighted by Gasteiger charge is -2.07. The summed E-state index contributed by atoms with van der Waals surface area (Å²) in [5.41, 5.74) is 3.02. The van der Waals surface area contributed by atoms with Crippen LogP contribution in [-0.4, -0.2) is 5.91 Å². The maximum Gasteiger partial charge on any atom is 0.228 e. The van der Waals surface area contributed by atoms with E-state index in [0.717, 1.165) is 15.7 Å². The van der Waals surface area contributed by atoms with E-state index >= 15 is 0 Å². The molecule has 92 valence electrons. The minimum atomic E-state index is -0.00856. The SMILES string of the molecule is Cc1ccc(CC(=O)Nc2ccccc2Br)cc1. The molecule has 0 aliphatic carbocycles. The van der Waals surface area contributed by atoms with Crippen molar-refractivity contribution in [2.24, 2.45) is 0 Å². The summed E-state index contributed by atoms with van der Waals surface area (Å²) in [5.74, 6) is -0.00856. The summed E-state index contributed by atoms with van der Waals surface area (Å²) < 4.78 is 0.891. The van der Waals surface area contributed by atoms with Crippen molar-refractivity contribution < 1.29 is 4.79 Å². The Kier molecular flexibility index (Phi) is 4.15. The zero-order chi connectivity index (χ0) is 13.0. The Labute approximate surface area is 115 Å². The summed E-state index contributed by atoms with van der Waals surface area (Å²) in [7, 11) is 0. The van der Waals surface area contributed by atoms with Gasteiger partial charge in [0.05, 0.1) is 12.1 Å². The number of aryl methyl sites for hydroxylation is 1. The van der Waals surface area contributed by atoms with E-state index in [1.165, 1.54) is 5.56 Å². The highest BCUT2D eigenvalue weighted by atomic mass is 79.9. The predicted molar refractivity (Wildman–Crippen MR) is 77.7 cm³/mol. The number of rotatable bonds is 3. The van der Waals surface area contributed by atoms with Gasteiger partial charge in [-0.25, -0.2) is 0 Å². The third kappa shape index (κ3) is 3.44. The molecule has 0 heterocycles. The van der Waals surface area contributed by atoms with Crippen molar-refractivity contribution in [2.75, 3.05) is 5.32 Å². The van der Waals surface area contributed by atoms with Crippen molar-refractivity contribution in [1.29, 1.82) is 0 Å². The first-order valence-electron chi connectivity index (χ1n) is 5.75. The zero-order valence-corrected chi connectivity index (χ0v) is 11.7. The molecule has 2 aromatic carbocycles. The van der Waals surface area contributed by atoms with Gasteiger partial charge in [0.2, 0.25) is 5.91 Å². The van der Waals surface area contributed by atoms with Gasteiger partial charge in [0.15, 0.2) is 0 Å². The molecule has 2 nitrogen and oxygen atoms in total. The van der Waals surface area contributed by atoms with Crippen LogP contribution >= 0.6 is 15.9 Å². The molecular weight excluding hydrogens is 290 g/mol. The van der Waals surface area contributed by atoms with E-state index in [-0.39, 0.29) is 5.91 Å². The van der Waals surface area contributed by atoms with Crippen molar-refractivity contribution >= 4 is 27.5 Å². The Morgan fingerprint density at radius 1 is 1.11 bits per heavy atom. The minimum absolute atomic E-state index is 0.00856. The van der Waals surface area contributed by atoms with Gasteiger partial charge in [-0.15, -0.1) is 0 Å². The number of hydrogen-bond acceptors (Lipinski definition) is 1. The molecule has 18 heavy (non-hydrogen) atoms. The van der Waals surface area contributed by atoms with Crippen LogP contribution < -0.4 is 5.32 Å². The number of amides is 1. The quantitative estimate of drug-likeness (QED) is 0.914. The molecule has 0 saturated heterocycles. The van der Waals surface area contributed by atoms with Crippen LogP contribution in [0.25, 0.3) is 0 Å². The Morgan fingerprint density at radius 2 is 1.78 bits per heavy atom. The topological polar surface area (TPSA) is 29.1 Å². The van der Waals surface area contributed by atoms with Crippen LogP contribution in [-0.2, 0) is 11.2 Å². The molecule has 0 bridgehead atoms. The molecule has 1 amide bonds. The summed E-state index contributed by atoms with van der Waals surface area (Å²) in [6.45, 7) is 2.03. The first kappa shape index (κ1) is 12.8. The molecule has 0 aliphatic heterocycles. The second-order valence-electron chi connectivity index (χ2n) is 4.19. The number of hydrogen-bond donors (Lipinski definition) is 1. The van der Waals surface area contributed by atoms with Crippen LogP contribution in [0.4, 0.5) is 5.69 Å². The van der Waals surface area contributed by atoms with Gasteiger partial charge in [-0.3, -0.25) is 4.79 Å². The Bertz CT molecular complexity index is 549. The van der Waals surface area contributed by atoms with Gasteiger partial charge in [0.1, 0.15) is 0 Å². The molecule has 0 unspecified atom stereocenters. The van der Waals surface area contributed by atoms with Crippen LogP contribution in [0.2, 0.25) is 0 Å². The van der Waals surface area contributed by atoms with E-state index in [0.29, 0.717) is 6.42 Å². The second kappa shape index (κ2) is 5.83. The number of halogens is 1. The monoisotopic (exact) mass is 303 g/mol. The van der Waals surface area contributed by atoms with Gasteiger partial charge in [-0.05, 0) is 40.5 Å². The highest BCUT2D eigenvalue weighted by molar-refractivity contribution is 9.10. The molecule has 0 fully saturated rings. The molecule has 0 atom stereocenters. The van der Waals surface area contributed by atoms with Crippen LogP contribution in [0.3, 0.4) is 0 Å². The largest absolute Gasteiger partial charge is 0.325 e. The van der Waals surface area contributed by atoms with E-state index < -0.39 is 0 Å². The molecular formula is C15H14BrNO. The third-order valence-corrected chi connectivity index (χ3v) is 3.32. The molecule has 0 saturated carbocycles. The third-order valence-electron chi connectivity index (χ3n) is 2.63. The molecule has 0 aromatic heterocycles. The molecule has 2 rings (SSSR count). The average Bonchev–Trinajstić information content (AvgIpc) is 2.35. The van der Waals surface area contributed by atoms with Gasteiger partial charge >= 0.3 is 0 Å². The van der Waals surface area contributed by atoms with Crippen molar-refractivity contribution in [3.05, 3.63) is 64.1 Å². The number of nitrogens with one attached hydrogen (secondary N) is 1. The summed E-state index contributed by atoms with van der Waals surface area (Å²) in [5, 5.41) is 2.89.